The molecule has 0 saturated heterocycles. The van der Waals surface area contributed by atoms with E-state index in [9.17, 15) is 9.18 Å². The third-order valence-corrected chi connectivity index (χ3v) is 5.45. The topological polar surface area (TPSA) is 58.4 Å². The Hall–Kier alpha value is -2.70. The van der Waals surface area contributed by atoms with Gasteiger partial charge in [-0.05, 0) is 43.3 Å². The van der Waals surface area contributed by atoms with Crippen molar-refractivity contribution in [1.29, 1.82) is 0 Å². The van der Waals surface area contributed by atoms with Crippen molar-refractivity contribution >= 4 is 17.5 Å². The number of halogens is 2. The van der Waals surface area contributed by atoms with Crippen LogP contribution < -0.4 is 5.32 Å². The fourth-order valence-electron chi connectivity index (χ4n) is 3.37. The summed E-state index contributed by atoms with van der Waals surface area (Å²) >= 11 is 6.16. The summed E-state index contributed by atoms with van der Waals surface area (Å²) in [5.41, 5.74) is 2.52. The summed E-state index contributed by atoms with van der Waals surface area (Å²) < 4.78 is 19.6. The maximum absolute atomic E-state index is 14.4. The number of hydrogen-bond acceptors (Lipinski definition) is 4. The number of carbonyl (C=O) groups excluding carboxylic acids is 1. The molecule has 0 atom stereocenters. The molecule has 30 heavy (non-hydrogen) atoms. The van der Waals surface area contributed by atoms with Crippen LogP contribution in [0, 0.1) is 12.7 Å². The second kappa shape index (κ2) is 9.87. The van der Waals surface area contributed by atoms with Crippen LogP contribution in [0.15, 0.2) is 47.0 Å². The normalized spacial score (nSPS) is 11.1. The first-order chi connectivity index (χ1) is 14.5. The largest absolute Gasteiger partial charge is 0.360 e. The lowest BCUT2D eigenvalue weighted by atomic mass is 10.0. The molecule has 0 unspecified atom stereocenters. The number of hydrogen-bond donors (Lipinski definition) is 1. The predicted molar refractivity (Wildman–Crippen MR) is 116 cm³/mol. The molecule has 7 heteroatoms. The van der Waals surface area contributed by atoms with Gasteiger partial charge in [0.05, 0.1) is 10.6 Å². The lowest BCUT2D eigenvalue weighted by Crippen LogP contribution is -2.26. The van der Waals surface area contributed by atoms with Crippen LogP contribution in [0.3, 0.4) is 0 Å². The monoisotopic (exact) mass is 429 g/mol. The molecule has 0 saturated carbocycles. The third-order valence-electron chi connectivity index (χ3n) is 5.14. The van der Waals surface area contributed by atoms with E-state index in [1.807, 2.05) is 18.2 Å². The molecule has 1 N–H and O–H groups in total. The van der Waals surface area contributed by atoms with Gasteiger partial charge < -0.3 is 9.84 Å². The van der Waals surface area contributed by atoms with Gasteiger partial charge >= 0.3 is 0 Å². The summed E-state index contributed by atoms with van der Waals surface area (Å²) in [6, 6.07) is 12.3. The zero-order chi connectivity index (χ0) is 21.7. The molecule has 1 amide bonds. The number of nitrogens with one attached hydrogen (secondary N) is 1. The Kier molecular flexibility index (Phi) is 7.24. The van der Waals surface area contributed by atoms with E-state index in [0.717, 1.165) is 30.8 Å². The van der Waals surface area contributed by atoms with E-state index in [1.165, 1.54) is 12.1 Å². The molecule has 2 aromatic carbocycles. The molecule has 0 aliphatic carbocycles. The van der Waals surface area contributed by atoms with Crippen LogP contribution in [0.25, 0.3) is 11.3 Å². The summed E-state index contributed by atoms with van der Waals surface area (Å²) in [6.45, 7) is 8.91. The first-order valence-electron chi connectivity index (χ1n) is 9.94. The average molecular weight is 430 g/mol. The molecular weight excluding hydrogens is 405 g/mol. The summed E-state index contributed by atoms with van der Waals surface area (Å²) in [7, 11) is 0. The van der Waals surface area contributed by atoms with Crippen molar-refractivity contribution in [2.45, 2.75) is 33.9 Å². The van der Waals surface area contributed by atoms with E-state index in [2.05, 4.69) is 35.3 Å². The Labute approximate surface area is 180 Å². The minimum atomic E-state index is -0.561. The lowest BCUT2D eigenvalue weighted by Gasteiger charge is -2.20. The van der Waals surface area contributed by atoms with Crippen molar-refractivity contribution in [2.24, 2.45) is 0 Å². The van der Waals surface area contributed by atoms with E-state index in [0.29, 0.717) is 12.3 Å². The number of rotatable bonds is 8. The Morgan fingerprint density at radius 2 is 1.83 bits per heavy atom. The van der Waals surface area contributed by atoms with Crippen LogP contribution in [-0.4, -0.2) is 29.1 Å². The standard InChI is InChI=1S/C23H25ClFN3O2/c1-4-28(5-2)14-17-10-7-6-9-16(17)13-26-23(29)20-15(3)30-27-22(20)21-18(24)11-8-12-19(21)25/h6-12H,4-5,13-14H2,1-3H3,(H,26,29). The molecule has 5 nitrogen and oxygen atoms in total. The summed E-state index contributed by atoms with van der Waals surface area (Å²) in [5.74, 6) is -0.645. The highest BCUT2D eigenvalue weighted by Gasteiger charge is 2.25. The van der Waals surface area contributed by atoms with Gasteiger partial charge in [0, 0.05) is 13.1 Å². The van der Waals surface area contributed by atoms with Crippen LogP contribution in [0.5, 0.6) is 0 Å². The van der Waals surface area contributed by atoms with Crippen LogP contribution in [0.4, 0.5) is 4.39 Å². The number of benzene rings is 2. The van der Waals surface area contributed by atoms with E-state index in [4.69, 9.17) is 16.1 Å². The van der Waals surface area contributed by atoms with E-state index >= 15 is 0 Å². The Morgan fingerprint density at radius 3 is 2.50 bits per heavy atom. The Morgan fingerprint density at radius 1 is 1.13 bits per heavy atom. The van der Waals surface area contributed by atoms with E-state index < -0.39 is 5.82 Å². The molecule has 1 aromatic heterocycles. The third kappa shape index (κ3) is 4.71. The molecule has 0 radical (unpaired) electrons. The number of amides is 1. The van der Waals surface area contributed by atoms with E-state index in [-0.39, 0.29) is 27.8 Å². The predicted octanol–water partition coefficient (Wildman–Crippen LogP) is 5.21. The molecule has 0 aliphatic heterocycles. The van der Waals surface area contributed by atoms with E-state index in [1.54, 1.807) is 13.0 Å². The summed E-state index contributed by atoms with van der Waals surface area (Å²) in [4.78, 5) is 15.3. The first-order valence-corrected chi connectivity index (χ1v) is 10.3. The lowest BCUT2D eigenvalue weighted by molar-refractivity contribution is 0.0949. The molecule has 0 fully saturated rings. The van der Waals surface area contributed by atoms with Crippen molar-refractivity contribution in [3.63, 3.8) is 0 Å². The minimum absolute atomic E-state index is 0.0584. The Balaban J connectivity index is 1.83. The van der Waals surface area contributed by atoms with Gasteiger partial charge in [-0.15, -0.1) is 0 Å². The number of nitrogens with zero attached hydrogens (tertiary/aromatic N) is 2. The highest BCUT2D eigenvalue weighted by molar-refractivity contribution is 6.33. The van der Waals surface area contributed by atoms with Crippen LogP contribution in [0.1, 0.15) is 41.1 Å². The van der Waals surface area contributed by atoms with Gasteiger partial charge in [0.1, 0.15) is 22.8 Å². The second-order valence-electron chi connectivity index (χ2n) is 6.97. The van der Waals surface area contributed by atoms with Gasteiger partial charge in [0.15, 0.2) is 0 Å². The second-order valence-corrected chi connectivity index (χ2v) is 7.38. The number of aryl methyl sites for hydroxylation is 1. The van der Waals surface area contributed by atoms with Crippen molar-refractivity contribution in [1.82, 2.24) is 15.4 Å². The SMILES string of the molecule is CCN(CC)Cc1ccccc1CNC(=O)c1c(-c2c(F)cccc2Cl)noc1C. The fraction of sp³-hybridized carbons (Fsp3) is 0.304. The van der Waals surface area contributed by atoms with Gasteiger partial charge in [-0.25, -0.2) is 4.39 Å². The van der Waals surface area contributed by atoms with Crippen LogP contribution in [0.2, 0.25) is 5.02 Å². The Bertz CT molecular complexity index is 1010. The first kappa shape index (κ1) is 22.0. The molecule has 158 valence electrons. The molecule has 0 bridgehead atoms. The fourth-order valence-corrected chi connectivity index (χ4v) is 3.62. The maximum atomic E-state index is 14.4. The smallest absolute Gasteiger partial charge is 0.257 e. The number of aromatic nitrogens is 1. The zero-order valence-electron chi connectivity index (χ0n) is 17.3. The molecular formula is C23H25ClFN3O2. The van der Waals surface area contributed by atoms with Gasteiger partial charge in [0.2, 0.25) is 0 Å². The highest BCUT2D eigenvalue weighted by atomic mass is 35.5. The van der Waals surface area contributed by atoms with Crippen molar-refractivity contribution in [3.8, 4) is 11.3 Å². The quantitative estimate of drug-likeness (QED) is 0.533. The minimum Gasteiger partial charge on any atom is -0.360 e. The molecule has 0 spiro atoms. The molecule has 3 aromatic rings. The van der Waals surface area contributed by atoms with Gasteiger partial charge in [-0.2, -0.15) is 0 Å². The average Bonchev–Trinajstić information content (AvgIpc) is 3.12. The van der Waals surface area contributed by atoms with Gasteiger partial charge in [-0.1, -0.05) is 60.9 Å². The molecule has 3 rings (SSSR count). The van der Waals surface area contributed by atoms with Crippen molar-refractivity contribution in [3.05, 3.63) is 75.8 Å². The molecule has 1 heterocycles. The van der Waals surface area contributed by atoms with Crippen LogP contribution in [-0.2, 0) is 13.1 Å². The zero-order valence-corrected chi connectivity index (χ0v) is 18.1. The van der Waals surface area contributed by atoms with Crippen molar-refractivity contribution in [2.75, 3.05) is 13.1 Å². The van der Waals surface area contributed by atoms with Gasteiger partial charge in [0.25, 0.3) is 5.91 Å². The highest BCUT2D eigenvalue weighted by Crippen LogP contribution is 2.33. The van der Waals surface area contributed by atoms with Gasteiger partial charge in [-0.3, -0.25) is 9.69 Å². The summed E-state index contributed by atoms with van der Waals surface area (Å²) in [6.07, 6.45) is 0. The van der Waals surface area contributed by atoms with Crippen LogP contribution >= 0.6 is 11.6 Å². The number of carbonyl (C=O) groups is 1. The molecule has 0 aliphatic rings. The van der Waals surface area contributed by atoms with Crippen molar-refractivity contribution < 1.29 is 13.7 Å². The summed E-state index contributed by atoms with van der Waals surface area (Å²) in [5, 5.41) is 6.98. The maximum Gasteiger partial charge on any atom is 0.257 e.